The van der Waals surface area contributed by atoms with Crippen LogP contribution < -0.4 is 0 Å². The molecule has 0 heterocycles. The first-order valence-electron chi connectivity index (χ1n) is 8.45. The molecule has 23 heavy (non-hydrogen) atoms. The number of hydrogen-bond acceptors (Lipinski definition) is 1. The molecule has 0 radical (unpaired) electrons. The van der Waals surface area contributed by atoms with E-state index in [1.54, 1.807) is 0 Å². The number of hydrogen-bond donors (Lipinski definition) is 0. The van der Waals surface area contributed by atoms with Gasteiger partial charge < -0.3 is 0 Å². The zero-order valence-corrected chi connectivity index (χ0v) is 16.1. The molecule has 1 aromatic carbocycles. The molecule has 1 aromatic rings. The van der Waals surface area contributed by atoms with Gasteiger partial charge in [-0.05, 0) is 65.4 Å². The van der Waals surface area contributed by atoms with Gasteiger partial charge in [0.05, 0.1) is 0 Å². The smallest absolute Gasteiger partial charge is 0.171 e. The van der Waals surface area contributed by atoms with Gasteiger partial charge in [0.2, 0.25) is 0 Å². The van der Waals surface area contributed by atoms with Crippen LogP contribution >= 0.6 is 15.9 Å². The molecule has 3 rings (SSSR count). The Kier molecular flexibility index (Phi) is 4.39. The van der Waals surface area contributed by atoms with E-state index < -0.39 is 0 Å². The predicted molar refractivity (Wildman–Crippen MR) is 99.6 cm³/mol. The van der Waals surface area contributed by atoms with Gasteiger partial charge in [0.25, 0.3) is 0 Å². The number of carbonyl (C=O) groups is 1. The van der Waals surface area contributed by atoms with E-state index in [0.29, 0.717) is 11.7 Å². The summed E-state index contributed by atoms with van der Waals surface area (Å²) in [4.78, 5) is 13.6. The lowest BCUT2D eigenvalue weighted by atomic mass is 9.55. The van der Waals surface area contributed by atoms with Crippen molar-refractivity contribution in [2.75, 3.05) is 0 Å². The van der Waals surface area contributed by atoms with E-state index in [1.165, 1.54) is 22.3 Å². The third kappa shape index (κ3) is 2.76. The molecule has 122 valence electrons. The van der Waals surface area contributed by atoms with Crippen molar-refractivity contribution < 1.29 is 4.79 Å². The molecule has 2 aliphatic rings. The highest BCUT2D eigenvalue weighted by molar-refractivity contribution is 9.10. The Balaban J connectivity index is 2.11. The fraction of sp³-hybridized carbons (Fsp3) is 0.476. The van der Waals surface area contributed by atoms with Crippen molar-refractivity contribution in [1.29, 1.82) is 0 Å². The summed E-state index contributed by atoms with van der Waals surface area (Å²) in [6, 6.07) is 7.89. The van der Waals surface area contributed by atoms with E-state index >= 15 is 0 Å². The predicted octanol–water partition coefficient (Wildman–Crippen LogP) is 6.49. The van der Waals surface area contributed by atoms with Crippen LogP contribution in [0.5, 0.6) is 0 Å². The second kappa shape index (κ2) is 6.05. The first-order chi connectivity index (χ1) is 10.8. The number of rotatable bonds is 2. The number of ketones is 1. The van der Waals surface area contributed by atoms with Crippen molar-refractivity contribution in [1.82, 2.24) is 0 Å². The summed E-state index contributed by atoms with van der Waals surface area (Å²) < 4.78 is 0.922. The molecule has 0 unspecified atom stereocenters. The Morgan fingerprint density at radius 2 is 1.48 bits per heavy atom. The summed E-state index contributed by atoms with van der Waals surface area (Å²) in [6.07, 6.45) is 3.95. The number of halogens is 1. The molecule has 0 aliphatic heterocycles. The van der Waals surface area contributed by atoms with Gasteiger partial charge in [0, 0.05) is 15.5 Å². The van der Waals surface area contributed by atoms with Crippen molar-refractivity contribution in [2.45, 2.75) is 53.4 Å². The Labute approximate surface area is 148 Å². The number of allylic oxidation sites excluding steroid dienone is 4. The normalized spacial score (nSPS) is 28.0. The lowest BCUT2D eigenvalue weighted by Gasteiger charge is -2.47. The van der Waals surface area contributed by atoms with Gasteiger partial charge in [0.1, 0.15) is 0 Å². The van der Waals surface area contributed by atoms with Crippen molar-refractivity contribution in [3.05, 3.63) is 56.6 Å². The first kappa shape index (κ1) is 16.7. The van der Waals surface area contributed by atoms with Crippen LogP contribution in [-0.4, -0.2) is 5.78 Å². The molecule has 0 aromatic heterocycles. The van der Waals surface area contributed by atoms with Crippen LogP contribution in [0.25, 0.3) is 0 Å². The van der Waals surface area contributed by atoms with Crippen molar-refractivity contribution in [3.8, 4) is 0 Å². The largest absolute Gasteiger partial charge is 0.293 e. The Hall–Kier alpha value is -1.15. The highest BCUT2D eigenvalue weighted by Gasteiger charge is 2.50. The van der Waals surface area contributed by atoms with E-state index in [-0.39, 0.29) is 5.41 Å². The summed E-state index contributed by atoms with van der Waals surface area (Å²) in [7, 11) is 0. The van der Waals surface area contributed by atoms with Gasteiger partial charge >= 0.3 is 0 Å². The lowest BCUT2D eigenvalue weighted by molar-refractivity contribution is 0.0604. The average molecular weight is 373 g/mol. The van der Waals surface area contributed by atoms with Gasteiger partial charge in [0.15, 0.2) is 5.78 Å². The van der Waals surface area contributed by atoms with Crippen molar-refractivity contribution in [3.63, 3.8) is 0 Å². The maximum atomic E-state index is 13.6. The molecule has 0 spiro atoms. The average Bonchev–Trinajstić information content (AvgIpc) is 2.50. The standard InChI is InChI=1S/C21H25BrO/c1-13-9-17-10-14(2)16(4)12-21(17,11-15(13)3)20(23)18-7-5-6-8-19(18)22/h5-8,17H,9-12H2,1-4H3. The zero-order chi connectivity index (χ0) is 16.8. The second-order valence-electron chi connectivity index (χ2n) is 7.55. The Bertz CT molecular complexity index is 693. The molecule has 0 saturated carbocycles. The van der Waals surface area contributed by atoms with Gasteiger partial charge in [-0.3, -0.25) is 4.79 Å². The van der Waals surface area contributed by atoms with Crippen LogP contribution in [0.3, 0.4) is 0 Å². The summed E-state index contributed by atoms with van der Waals surface area (Å²) in [6.45, 7) is 8.90. The van der Waals surface area contributed by atoms with Gasteiger partial charge in [-0.25, -0.2) is 0 Å². The highest BCUT2D eigenvalue weighted by atomic mass is 79.9. The minimum atomic E-state index is -0.253. The molecular weight excluding hydrogens is 348 g/mol. The first-order valence-corrected chi connectivity index (χ1v) is 9.24. The minimum absolute atomic E-state index is 0.253. The molecule has 0 amide bonds. The number of carbonyl (C=O) groups excluding carboxylic acids is 1. The highest BCUT2D eigenvalue weighted by Crippen LogP contribution is 2.55. The van der Waals surface area contributed by atoms with Crippen LogP contribution in [-0.2, 0) is 0 Å². The van der Waals surface area contributed by atoms with Gasteiger partial charge in [-0.2, -0.15) is 0 Å². The Morgan fingerprint density at radius 1 is 0.957 bits per heavy atom. The number of benzene rings is 1. The van der Waals surface area contributed by atoms with E-state index in [1.807, 2.05) is 24.3 Å². The maximum absolute atomic E-state index is 13.6. The van der Waals surface area contributed by atoms with Gasteiger partial charge in [-0.1, -0.05) is 56.4 Å². The monoisotopic (exact) mass is 372 g/mol. The Morgan fingerprint density at radius 3 is 2.00 bits per heavy atom. The second-order valence-corrected chi connectivity index (χ2v) is 8.40. The van der Waals surface area contributed by atoms with Crippen LogP contribution in [0.1, 0.15) is 63.7 Å². The molecule has 2 aliphatic carbocycles. The third-order valence-corrected chi connectivity index (χ3v) is 6.77. The summed E-state index contributed by atoms with van der Waals surface area (Å²) in [5, 5.41) is 0. The minimum Gasteiger partial charge on any atom is -0.293 e. The van der Waals surface area contributed by atoms with Gasteiger partial charge in [-0.15, -0.1) is 0 Å². The van der Waals surface area contributed by atoms with E-state index in [9.17, 15) is 4.79 Å². The van der Waals surface area contributed by atoms with Crippen LogP contribution in [0.4, 0.5) is 0 Å². The van der Waals surface area contributed by atoms with Crippen LogP contribution in [0.15, 0.2) is 51.0 Å². The maximum Gasteiger partial charge on any atom is 0.171 e. The molecular formula is C21H25BrO. The number of fused-ring (bicyclic) bond motifs is 1. The topological polar surface area (TPSA) is 17.1 Å². The summed E-state index contributed by atoms with van der Waals surface area (Å²) >= 11 is 3.59. The SMILES string of the molecule is CC1=C(C)CC2(C(=O)c3ccccc3Br)CC(C)=C(C)CC2C1. The van der Waals surface area contributed by atoms with E-state index in [2.05, 4.69) is 43.6 Å². The molecule has 0 bridgehead atoms. The van der Waals surface area contributed by atoms with E-state index in [4.69, 9.17) is 0 Å². The lowest BCUT2D eigenvalue weighted by Crippen LogP contribution is -2.44. The molecule has 0 fully saturated rings. The van der Waals surface area contributed by atoms with Crippen molar-refractivity contribution in [2.24, 2.45) is 11.3 Å². The summed E-state index contributed by atoms with van der Waals surface area (Å²) in [5.74, 6) is 0.767. The molecule has 1 nitrogen and oxygen atoms in total. The number of Topliss-reactive ketones (excluding diaryl/α,β-unsaturated/α-hetero) is 1. The molecule has 0 saturated heterocycles. The summed E-state index contributed by atoms with van der Waals surface area (Å²) in [5.41, 5.74) is 6.38. The van der Waals surface area contributed by atoms with E-state index in [0.717, 1.165) is 35.7 Å². The fourth-order valence-corrected chi connectivity index (χ4v) is 4.87. The quantitative estimate of drug-likeness (QED) is 0.427. The zero-order valence-electron chi connectivity index (χ0n) is 14.5. The van der Waals surface area contributed by atoms with Crippen molar-refractivity contribution >= 4 is 21.7 Å². The molecule has 2 heteroatoms. The van der Waals surface area contributed by atoms with Crippen LogP contribution in [0, 0.1) is 11.3 Å². The molecule has 0 N–H and O–H groups in total. The third-order valence-electron chi connectivity index (χ3n) is 6.08. The fourth-order valence-electron chi connectivity index (χ4n) is 4.41. The molecule has 0 atom stereocenters. The van der Waals surface area contributed by atoms with Crippen LogP contribution in [0.2, 0.25) is 0 Å².